The van der Waals surface area contributed by atoms with E-state index in [1.54, 1.807) is 0 Å². The van der Waals surface area contributed by atoms with Crippen LogP contribution >= 0.6 is 11.6 Å². The van der Waals surface area contributed by atoms with Crippen molar-refractivity contribution in [2.75, 3.05) is 6.54 Å². The Morgan fingerprint density at radius 3 is 2.65 bits per heavy atom. The van der Waals surface area contributed by atoms with Gasteiger partial charge in [0, 0.05) is 17.8 Å². The molecule has 3 fully saturated rings. The molecule has 0 saturated heterocycles. The summed E-state index contributed by atoms with van der Waals surface area (Å²) >= 11 is 6.23. The van der Waals surface area contributed by atoms with Crippen molar-refractivity contribution in [3.8, 4) is 0 Å². The predicted octanol–water partition coefficient (Wildman–Crippen LogP) is 2.95. The molecule has 1 amide bonds. The SMILES string of the molecule is O=C(NCC1CCCC1Cl)C1CC2CCC1C2. The van der Waals surface area contributed by atoms with Gasteiger partial charge >= 0.3 is 0 Å². The summed E-state index contributed by atoms with van der Waals surface area (Å²) < 4.78 is 0. The molecule has 96 valence electrons. The molecule has 3 rings (SSSR count). The highest BCUT2D eigenvalue weighted by Gasteiger charge is 2.43. The minimum atomic E-state index is 0.287. The van der Waals surface area contributed by atoms with E-state index in [-0.39, 0.29) is 5.38 Å². The van der Waals surface area contributed by atoms with Crippen LogP contribution in [0.4, 0.5) is 0 Å². The van der Waals surface area contributed by atoms with Crippen molar-refractivity contribution in [3.05, 3.63) is 0 Å². The zero-order chi connectivity index (χ0) is 11.8. The lowest BCUT2D eigenvalue weighted by Crippen LogP contribution is -2.37. The quantitative estimate of drug-likeness (QED) is 0.772. The lowest BCUT2D eigenvalue weighted by Gasteiger charge is -2.22. The van der Waals surface area contributed by atoms with Gasteiger partial charge in [-0.1, -0.05) is 12.8 Å². The summed E-state index contributed by atoms with van der Waals surface area (Å²) in [5.74, 6) is 2.69. The number of nitrogens with one attached hydrogen (secondary N) is 1. The Morgan fingerprint density at radius 1 is 1.18 bits per heavy atom. The maximum absolute atomic E-state index is 12.1. The number of hydrogen-bond donors (Lipinski definition) is 1. The number of amides is 1. The van der Waals surface area contributed by atoms with Crippen molar-refractivity contribution in [1.82, 2.24) is 5.32 Å². The van der Waals surface area contributed by atoms with Gasteiger partial charge in [0.05, 0.1) is 0 Å². The molecule has 3 saturated carbocycles. The molecular formula is C14H22ClNO. The summed E-state index contributed by atoms with van der Waals surface area (Å²) in [5.41, 5.74) is 0. The maximum Gasteiger partial charge on any atom is 0.223 e. The van der Waals surface area contributed by atoms with Crippen LogP contribution in [-0.4, -0.2) is 17.8 Å². The average molecular weight is 256 g/mol. The van der Waals surface area contributed by atoms with Crippen molar-refractivity contribution < 1.29 is 4.79 Å². The molecule has 3 aliphatic carbocycles. The Hall–Kier alpha value is -0.240. The molecule has 3 aliphatic rings. The van der Waals surface area contributed by atoms with Crippen LogP contribution in [0.15, 0.2) is 0 Å². The lowest BCUT2D eigenvalue weighted by molar-refractivity contribution is -0.126. The van der Waals surface area contributed by atoms with E-state index in [4.69, 9.17) is 11.6 Å². The number of hydrogen-bond acceptors (Lipinski definition) is 1. The van der Waals surface area contributed by atoms with E-state index in [0.29, 0.717) is 23.7 Å². The van der Waals surface area contributed by atoms with Crippen LogP contribution in [-0.2, 0) is 4.79 Å². The number of carbonyl (C=O) groups excluding carboxylic acids is 1. The molecule has 0 aliphatic heterocycles. The van der Waals surface area contributed by atoms with Crippen molar-refractivity contribution in [3.63, 3.8) is 0 Å². The second-order valence-electron chi connectivity index (χ2n) is 6.23. The molecule has 0 aromatic rings. The topological polar surface area (TPSA) is 29.1 Å². The monoisotopic (exact) mass is 255 g/mol. The highest BCUT2D eigenvalue weighted by atomic mass is 35.5. The van der Waals surface area contributed by atoms with Gasteiger partial charge in [0.1, 0.15) is 0 Å². The minimum Gasteiger partial charge on any atom is -0.356 e. The molecule has 0 spiro atoms. The zero-order valence-corrected chi connectivity index (χ0v) is 11.1. The number of fused-ring (bicyclic) bond motifs is 2. The van der Waals surface area contributed by atoms with Gasteiger partial charge in [-0.15, -0.1) is 11.6 Å². The molecular weight excluding hydrogens is 234 g/mol. The fourth-order valence-electron chi connectivity index (χ4n) is 4.15. The van der Waals surface area contributed by atoms with Crippen molar-refractivity contribution in [1.29, 1.82) is 0 Å². The van der Waals surface area contributed by atoms with Gasteiger partial charge in [-0.2, -0.15) is 0 Å². The number of alkyl halides is 1. The van der Waals surface area contributed by atoms with Crippen LogP contribution in [0.1, 0.15) is 44.9 Å². The Balaban J connectivity index is 1.47. The van der Waals surface area contributed by atoms with Crippen LogP contribution in [0.5, 0.6) is 0 Å². The molecule has 0 aromatic carbocycles. The Labute approximate surface area is 108 Å². The third kappa shape index (κ3) is 2.33. The molecule has 2 nitrogen and oxygen atoms in total. The molecule has 2 bridgehead atoms. The number of rotatable bonds is 3. The second-order valence-corrected chi connectivity index (χ2v) is 6.79. The summed E-state index contributed by atoms with van der Waals surface area (Å²) in [6.45, 7) is 0.806. The first-order chi connectivity index (χ1) is 8.24. The number of carbonyl (C=O) groups is 1. The van der Waals surface area contributed by atoms with Gasteiger partial charge in [-0.25, -0.2) is 0 Å². The van der Waals surface area contributed by atoms with Crippen LogP contribution in [0, 0.1) is 23.7 Å². The van der Waals surface area contributed by atoms with E-state index in [9.17, 15) is 4.79 Å². The van der Waals surface area contributed by atoms with Gasteiger partial charge in [0.2, 0.25) is 5.91 Å². The van der Waals surface area contributed by atoms with E-state index in [1.807, 2.05) is 0 Å². The van der Waals surface area contributed by atoms with Crippen LogP contribution < -0.4 is 5.32 Å². The normalized spacial score (nSPS) is 44.2. The fourth-order valence-corrected chi connectivity index (χ4v) is 4.52. The standard InChI is InChI=1S/C14H22ClNO/c15-13-3-1-2-11(13)8-16-14(17)12-7-9-4-5-10(12)6-9/h9-13H,1-8H2,(H,16,17). The molecule has 3 heteroatoms. The van der Waals surface area contributed by atoms with Crippen LogP contribution in [0.3, 0.4) is 0 Å². The molecule has 0 radical (unpaired) electrons. The Bertz CT molecular complexity index is 307. The first-order valence-electron chi connectivity index (χ1n) is 7.16. The molecule has 0 heterocycles. The van der Waals surface area contributed by atoms with E-state index in [0.717, 1.165) is 25.3 Å². The molecule has 0 aromatic heterocycles. The first-order valence-corrected chi connectivity index (χ1v) is 7.59. The highest BCUT2D eigenvalue weighted by molar-refractivity contribution is 6.20. The minimum absolute atomic E-state index is 0.287. The van der Waals surface area contributed by atoms with Gasteiger partial charge in [-0.05, 0) is 49.9 Å². The van der Waals surface area contributed by atoms with Crippen molar-refractivity contribution in [2.24, 2.45) is 23.7 Å². The molecule has 17 heavy (non-hydrogen) atoms. The van der Waals surface area contributed by atoms with Crippen molar-refractivity contribution >= 4 is 17.5 Å². The largest absolute Gasteiger partial charge is 0.356 e. The van der Waals surface area contributed by atoms with E-state index in [1.165, 1.54) is 32.1 Å². The van der Waals surface area contributed by atoms with Gasteiger partial charge in [-0.3, -0.25) is 4.79 Å². The average Bonchev–Trinajstić information content (AvgIpc) is 3.01. The first kappa shape index (κ1) is 11.8. The smallest absolute Gasteiger partial charge is 0.223 e. The summed E-state index contributed by atoms with van der Waals surface area (Å²) in [4.78, 5) is 12.1. The third-order valence-corrected chi connectivity index (χ3v) is 5.75. The Kier molecular flexibility index (Phi) is 3.34. The van der Waals surface area contributed by atoms with E-state index < -0.39 is 0 Å². The predicted molar refractivity (Wildman–Crippen MR) is 68.9 cm³/mol. The summed E-state index contributed by atoms with van der Waals surface area (Å²) in [7, 11) is 0. The third-order valence-electron chi connectivity index (χ3n) is 5.18. The van der Waals surface area contributed by atoms with E-state index in [2.05, 4.69) is 5.32 Å². The van der Waals surface area contributed by atoms with Crippen molar-refractivity contribution in [2.45, 2.75) is 50.3 Å². The zero-order valence-electron chi connectivity index (χ0n) is 10.3. The van der Waals surface area contributed by atoms with Gasteiger partial charge in [0.25, 0.3) is 0 Å². The highest BCUT2D eigenvalue weighted by Crippen LogP contribution is 2.48. The number of halogens is 1. The van der Waals surface area contributed by atoms with Gasteiger partial charge < -0.3 is 5.32 Å². The summed E-state index contributed by atoms with van der Waals surface area (Å²) in [5, 5.41) is 3.45. The molecule has 1 N–H and O–H groups in total. The van der Waals surface area contributed by atoms with E-state index >= 15 is 0 Å². The molecule has 5 atom stereocenters. The summed E-state index contributed by atoms with van der Waals surface area (Å²) in [6.07, 6.45) is 8.63. The summed E-state index contributed by atoms with van der Waals surface area (Å²) in [6, 6.07) is 0. The lowest BCUT2D eigenvalue weighted by atomic mass is 9.88. The van der Waals surface area contributed by atoms with Crippen LogP contribution in [0.25, 0.3) is 0 Å². The molecule has 5 unspecified atom stereocenters. The Morgan fingerprint density at radius 2 is 2.06 bits per heavy atom. The fraction of sp³-hybridized carbons (Fsp3) is 0.929. The second kappa shape index (κ2) is 4.79. The van der Waals surface area contributed by atoms with Gasteiger partial charge in [0.15, 0.2) is 0 Å². The maximum atomic E-state index is 12.1. The van der Waals surface area contributed by atoms with Crippen LogP contribution in [0.2, 0.25) is 0 Å².